The van der Waals surface area contributed by atoms with E-state index in [2.05, 4.69) is 46.4 Å². The van der Waals surface area contributed by atoms with E-state index < -0.39 is 0 Å². The summed E-state index contributed by atoms with van der Waals surface area (Å²) < 4.78 is 10.4. The maximum absolute atomic E-state index is 5.47. The highest BCUT2D eigenvalue weighted by molar-refractivity contribution is 7.11. The standard InChI is InChI=1S/C19H29N5O2S/c1-5-20-19(21-9-8-18-24-14(2)15(3)27-18)23-13-16-6-7-17(22-12-16)26-11-10-25-4/h6-7,12H,5,8-11,13H2,1-4H3,(H2,20,21,23). The molecule has 0 saturated heterocycles. The fraction of sp³-hybridized carbons (Fsp3) is 0.526. The molecule has 2 rings (SSSR count). The lowest BCUT2D eigenvalue weighted by atomic mass is 10.3. The lowest BCUT2D eigenvalue weighted by molar-refractivity contribution is 0.143. The summed E-state index contributed by atoms with van der Waals surface area (Å²) in [5.74, 6) is 1.39. The van der Waals surface area contributed by atoms with Gasteiger partial charge in [-0.25, -0.2) is 15.0 Å². The molecule has 0 radical (unpaired) electrons. The summed E-state index contributed by atoms with van der Waals surface area (Å²) in [5.41, 5.74) is 2.15. The van der Waals surface area contributed by atoms with E-state index in [1.165, 1.54) is 4.88 Å². The van der Waals surface area contributed by atoms with Crippen LogP contribution in [0.5, 0.6) is 5.88 Å². The Morgan fingerprint density at radius 3 is 2.70 bits per heavy atom. The first kappa shape index (κ1) is 21.1. The highest BCUT2D eigenvalue weighted by Crippen LogP contribution is 2.16. The molecule has 0 spiro atoms. The SMILES string of the molecule is CCNC(=NCc1ccc(OCCOC)nc1)NCCc1nc(C)c(C)s1. The van der Waals surface area contributed by atoms with Crippen LogP contribution in [-0.2, 0) is 17.7 Å². The third-order valence-corrected chi connectivity index (χ3v) is 4.94. The van der Waals surface area contributed by atoms with Crippen molar-refractivity contribution in [2.24, 2.45) is 4.99 Å². The van der Waals surface area contributed by atoms with E-state index >= 15 is 0 Å². The molecule has 0 amide bonds. The number of pyridine rings is 1. The van der Waals surface area contributed by atoms with E-state index in [9.17, 15) is 0 Å². The summed E-state index contributed by atoms with van der Waals surface area (Å²) in [7, 11) is 1.65. The Morgan fingerprint density at radius 2 is 2.07 bits per heavy atom. The van der Waals surface area contributed by atoms with E-state index in [1.54, 1.807) is 24.6 Å². The van der Waals surface area contributed by atoms with Crippen LogP contribution in [0.1, 0.15) is 28.1 Å². The van der Waals surface area contributed by atoms with Gasteiger partial charge < -0.3 is 20.1 Å². The molecule has 8 heteroatoms. The molecule has 2 aromatic rings. The third-order valence-electron chi connectivity index (χ3n) is 3.80. The Kier molecular flexibility index (Phi) is 9.00. The molecule has 0 saturated carbocycles. The van der Waals surface area contributed by atoms with Crippen LogP contribution in [0.3, 0.4) is 0 Å². The highest BCUT2D eigenvalue weighted by Gasteiger charge is 2.04. The molecule has 0 aliphatic rings. The van der Waals surface area contributed by atoms with Crippen molar-refractivity contribution in [1.82, 2.24) is 20.6 Å². The number of thiazole rings is 1. The topological polar surface area (TPSA) is 80.7 Å². The summed E-state index contributed by atoms with van der Waals surface area (Å²) >= 11 is 1.76. The molecule has 2 N–H and O–H groups in total. The summed E-state index contributed by atoms with van der Waals surface area (Å²) in [4.78, 5) is 14.8. The Balaban J connectivity index is 1.83. The van der Waals surface area contributed by atoms with Gasteiger partial charge in [-0.05, 0) is 26.3 Å². The van der Waals surface area contributed by atoms with Gasteiger partial charge in [0.1, 0.15) is 6.61 Å². The van der Waals surface area contributed by atoms with Crippen molar-refractivity contribution in [1.29, 1.82) is 0 Å². The van der Waals surface area contributed by atoms with Crippen molar-refractivity contribution in [3.05, 3.63) is 39.5 Å². The molecule has 148 valence electrons. The monoisotopic (exact) mass is 391 g/mol. The zero-order chi connectivity index (χ0) is 19.5. The highest BCUT2D eigenvalue weighted by atomic mass is 32.1. The number of nitrogens with zero attached hydrogens (tertiary/aromatic N) is 3. The van der Waals surface area contributed by atoms with Gasteiger partial charge >= 0.3 is 0 Å². The largest absolute Gasteiger partial charge is 0.475 e. The number of ether oxygens (including phenoxy) is 2. The number of guanidine groups is 1. The van der Waals surface area contributed by atoms with E-state index in [-0.39, 0.29) is 0 Å². The zero-order valence-corrected chi connectivity index (χ0v) is 17.4. The van der Waals surface area contributed by atoms with E-state index in [1.807, 2.05) is 12.1 Å². The number of aliphatic imine (C=N–C) groups is 1. The second-order valence-corrected chi connectivity index (χ2v) is 7.25. The van der Waals surface area contributed by atoms with Crippen LogP contribution in [0.15, 0.2) is 23.3 Å². The van der Waals surface area contributed by atoms with Crippen LogP contribution < -0.4 is 15.4 Å². The van der Waals surface area contributed by atoms with E-state index in [4.69, 9.17) is 9.47 Å². The summed E-state index contributed by atoms with van der Waals surface area (Å²) in [6.45, 7) is 9.41. The fourth-order valence-corrected chi connectivity index (χ4v) is 3.20. The predicted octanol–water partition coefficient (Wildman–Crippen LogP) is 2.48. The van der Waals surface area contributed by atoms with Crippen molar-refractivity contribution in [2.45, 2.75) is 33.7 Å². The minimum absolute atomic E-state index is 0.494. The number of aromatic nitrogens is 2. The summed E-state index contributed by atoms with van der Waals surface area (Å²) in [5, 5.41) is 7.78. The molecule has 0 aliphatic heterocycles. The van der Waals surface area contributed by atoms with Crippen LogP contribution >= 0.6 is 11.3 Å². The molecule has 2 heterocycles. The third kappa shape index (κ3) is 7.52. The van der Waals surface area contributed by atoms with Crippen molar-refractivity contribution in [3.63, 3.8) is 0 Å². The molecule has 0 aromatic carbocycles. The molecular formula is C19H29N5O2S. The van der Waals surface area contributed by atoms with Gasteiger partial charge in [-0.1, -0.05) is 6.07 Å². The van der Waals surface area contributed by atoms with Gasteiger partial charge in [-0.2, -0.15) is 0 Å². The normalized spacial score (nSPS) is 11.5. The Morgan fingerprint density at radius 1 is 1.22 bits per heavy atom. The number of hydrogen-bond donors (Lipinski definition) is 2. The first-order valence-electron chi connectivity index (χ1n) is 9.14. The van der Waals surface area contributed by atoms with Gasteiger partial charge in [-0.3, -0.25) is 0 Å². The minimum Gasteiger partial charge on any atom is -0.475 e. The number of nitrogens with one attached hydrogen (secondary N) is 2. The van der Waals surface area contributed by atoms with Crippen LogP contribution in [0.4, 0.5) is 0 Å². The Hall–Kier alpha value is -2.19. The van der Waals surface area contributed by atoms with Gasteiger partial charge in [0.25, 0.3) is 0 Å². The zero-order valence-electron chi connectivity index (χ0n) is 16.5. The average Bonchev–Trinajstić information content (AvgIpc) is 2.98. The molecule has 27 heavy (non-hydrogen) atoms. The lowest BCUT2D eigenvalue weighted by Crippen LogP contribution is -2.38. The van der Waals surface area contributed by atoms with Crippen molar-refractivity contribution < 1.29 is 9.47 Å². The molecule has 0 aliphatic carbocycles. The van der Waals surface area contributed by atoms with E-state index in [0.717, 1.165) is 41.7 Å². The maximum atomic E-state index is 5.47. The van der Waals surface area contributed by atoms with Crippen LogP contribution in [0.2, 0.25) is 0 Å². The van der Waals surface area contributed by atoms with Gasteiger partial charge in [0.05, 0.1) is 23.9 Å². The van der Waals surface area contributed by atoms with E-state index in [0.29, 0.717) is 25.6 Å². The number of hydrogen-bond acceptors (Lipinski definition) is 6. The molecule has 7 nitrogen and oxygen atoms in total. The fourth-order valence-electron chi connectivity index (χ4n) is 2.27. The molecule has 0 fully saturated rings. The van der Waals surface area contributed by atoms with Crippen LogP contribution in [0.25, 0.3) is 0 Å². The summed E-state index contributed by atoms with van der Waals surface area (Å²) in [6, 6.07) is 3.83. The second-order valence-electron chi connectivity index (χ2n) is 5.97. The predicted molar refractivity (Wildman–Crippen MR) is 110 cm³/mol. The number of aryl methyl sites for hydroxylation is 2. The molecule has 0 unspecified atom stereocenters. The molecule has 0 bridgehead atoms. The average molecular weight is 392 g/mol. The van der Waals surface area contributed by atoms with Gasteiger partial charge in [0.15, 0.2) is 5.96 Å². The van der Waals surface area contributed by atoms with Crippen molar-refractivity contribution in [3.8, 4) is 5.88 Å². The smallest absolute Gasteiger partial charge is 0.213 e. The number of methoxy groups -OCH3 is 1. The van der Waals surface area contributed by atoms with Gasteiger partial charge in [-0.15, -0.1) is 11.3 Å². The van der Waals surface area contributed by atoms with Crippen LogP contribution in [-0.4, -0.2) is 49.3 Å². The van der Waals surface area contributed by atoms with Gasteiger partial charge in [0.2, 0.25) is 5.88 Å². The lowest BCUT2D eigenvalue weighted by Gasteiger charge is -2.10. The van der Waals surface area contributed by atoms with Crippen molar-refractivity contribution >= 4 is 17.3 Å². The molecular weight excluding hydrogens is 362 g/mol. The Labute approximate surface area is 165 Å². The second kappa shape index (κ2) is 11.5. The summed E-state index contributed by atoms with van der Waals surface area (Å²) in [6.07, 6.45) is 2.68. The van der Waals surface area contributed by atoms with Crippen LogP contribution in [0, 0.1) is 13.8 Å². The van der Waals surface area contributed by atoms with Crippen molar-refractivity contribution in [2.75, 3.05) is 33.4 Å². The molecule has 0 atom stereocenters. The maximum Gasteiger partial charge on any atom is 0.213 e. The first-order chi connectivity index (χ1) is 13.1. The quantitative estimate of drug-likeness (QED) is 0.368. The molecule has 2 aromatic heterocycles. The van der Waals surface area contributed by atoms with Gasteiger partial charge in [0, 0.05) is 43.8 Å². The first-order valence-corrected chi connectivity index (χ1v) is 9.95. The Bertz CT molecular complexity index is 696. The number of rotatable bonds is 10. The minimum atomic E-state index is 0.494.